The molecular formula is C9H15F3N2. The third-order valence-corrected chi connectivity index (χ3v) is 3.14. The van der Waals surface area contributed by atoms with E-state index in [9.17, 15) is 13.2 Å². The molecule has 1 saturated heterocycles. The lowest BCUT2D eigenvalue weighted by atomic mass is 10.1. The van der Waals surface area contributed by atoms with Crippen LogP contribution in [-0.4, -0.2) is 42.8 Å². The second-order valence-electron chi connectivity index (χ2n) is 4.14. The standard InChI is InChI=1S/C9H15F3N2/c10-9(11,12)6-14-5-4-13-7-2-1-3-8(7)14/h7-8,13H,1-6H2/t7-,8+/m0/s1. The lowest BCUT2D eigenvalue weighted by Crippen LogP contribution is -2.57. The summed E-state index contributed by atoms with van der Waals surface area (Å²) in [5.41, 5.74) is 0. The number of piperazine rings is 1. The van der Waals surface area contributed by atoms with Gasteiger partial charge in [0.15, 0.2) is 0 Å². The van der Waals surface area contributed by atoms with Crippen molar-refractivity contribution in [2.45, 2.75) is 37.5 Å². The third kappa shape index (κ3) is 2.20. The fraction of sp³-hybridized carbons (Fsp3) is 1.00. The van der Waals surface area contributed by atoms with Crippen molar-refractivity contribution in [3.8, 4) is 0 Å². The highest BCUT2D eigenvalue weighted by Gasteiger charge is 2.40. The van der Waals surface area contributed by atoms with Crippen molar-refractivity contribution < 1.29 is 13.2 Å². The molecule has 0 aromatic rings. The van der Waals surface area contributed by atoms with Crippen molar-refractivity contribution in [1.82, 2.24) is 10.2 Å². The van der Waals surface area contributed by atoms with Gasteiger partial charge in [-0.25, -0.2) is 0 Å². The Morgan fingerprint density at radius 2 is 2.07 bits per heavy atom. The summed E-state index contributed by atoms with van der Waals surface area (Å²) in [5.74, 6) is 0. The minimum absolute atomic E-state index is 0.116. The summed E-state index contributed by atoms with van der Waals surface area (Å²) in [7, 11) is 0. The Morgan fingerprint density at radius 1 is 1.29 bits per heavy atom. The van der Waals surface area contributed by atoms with E-state index in [1.807, 2.05) is 0 Å². The second-order valence-corrected chi connectivity index (χ2v) is 4.14. The van der Waals surface area contributed by atoms with Gasteiger partial charge < -0.3 is 5.32 Å². The summed E-state index contributed by atoms with van der Waals surface area (Å²) in [6, 6.07) is 0.413. The largest absolute Gasteiger partial charge is 0.401 e. The molecule has 0 radical (unpaired) electrons. The van der Waals surface area contributed by atoms with Gasteiger partial charge in [0, 0.05) is 25.2 Å². The van der Waals surface area contributed by atoms with E-state index >= 15 is 0 Å². The van der Waals surface area contributed by atoms with Gasteiger partial charge in [0.2, 0.25) is 0 Å². The van der Waals surface area contributed by atoms with Crippen LogP contribution in [-0.2, 0) is 0 Å². The van der Waals surface area contributed by atoms with Crippen LogP contribution < -0.4 is 5.32 Å². The number of rotatable bonds is 1. The smallest absolute Gasteiger partial charge is 0.311 e. The fourth-order valence-electron chi connectivity index (χ4n) is 2.60. The number of hydrogen-bond acceptors (Lipinski definition) is 2. The Hall–Kier alpha value is -0.290. The van der Waals surface area contributed by atoms with E-state index in [-0.39, 0.29) is 6.04 Å². The molecule has 0 aromatic heterocycles. The molecule has 0 bridgehead atoms. The van der Waals surface area contributed by atoms with Gasteiger partial charge in [0.1, 0.15) is 0 Å². The van der Waals surface area contributed by atoms with E-state index in [1.54, 1.807) is 4.90 Å². The third-order valence-electron chi connectivity index (χ3n) is 3.14. The van der Waals surface area contributed by atoms with Gasteiger partial charge in [-0.15, -0.1) is 0 Å². The zero-order valence-corrected chi connectivity index (χ0v) is 7.98. The van der Waals surface area contributed by atoms with Crippen LogP contribution in [0.3, 0.4) is 0 Å². The normalized spacial score (nSPS) is 34.5. The predicted molar refractivity (Wildman–Crippen MR) is 47.1 cm³/mol. The number of nitrogens with one attached hydrogen (secondary N) is 1. The van der Waals surface area contributed by atoms with Crippen LogP contribution >= 0.6 is 0 Å². The molecule has 1 saturated carbocycles. The molecule has 0 aromatic carbocycles. The molecule has 1 aliphatic carbocycles. The quantitative estimate of drug-likeness (QED) is 0.700. The molecule has 5 heteroatoms. The molecule has 2 fully saturated rings. The first-order chi connectivity index (χ1) is 6.56. The molecule has 0 spiro atoms. The van der Waals surface area contributed by atoms with Crippen LogP contribution in [0.15, 0.2) is 0 Å². The maximum atomic E-state index is 12.2. The minimum Gasteiger partial charge on any atom is -0.311 e. The molecule has 82 valence electrons. The number of hydrogen-bond donors (Lipinski definition) is 1. The summed E-state index contributed by atoms with van der Waals surface area (Å²) < 4.78 is 36.7. The van der Waals surface area contributed by atoms with E-state index in [1.165, 1.54) is 0 Å². The highest BCUT2D eigenvalue weighted by atomic mass is 19.4. The van der Waals surface area contributed by atoms with Gasteiger partial charge in [-0.2, -0.15) is 13.2 Å². The van der Waals surface area contributed by atoms with Crippen molar-refractivity contribution >= 4 is 0 Å². The summed E-state index contributed by atoms with van der Waals surface area (Å²) in [6.07, 6.45) is -1.06. The summed E-state index contributed by atoms with van der Waals surface area (Å²) in [6.45, 7) is 0.480. The maximum Gasteiger partial charge on any atom is 0.401 e. The SMILES string of the molecule is FC(F)(F)CN1CCN[C@H]2CCC[C@H]21. The van der Waals surface area contributed by atoms with Crippen molar-refractivity contribution in [3.63, 3.8) is 0 Å². The molecular weight excluding hydrogens is 193 g/mol. The van der Waals surface area contributed by atoms with Crippen LogP contribution in [0, 0.1) is 0 Å². The van der Waals surface area contributed by atoms with Crippen LogP contribution in [0.1, 0.15) is 19.3 Å². The first kappa shape index (κ1) is 10.2. The van der Waals surface area contributed by atoms with Crippen molar-refractivity contribution in [1.29, 1.82) is 0 Å². The molecule has 2 rings (SSSR count). The van der Waals surface area contributed by atoms with Gasteiger partial charge in [-0.05, 0) is 12.8 Å². The first-order valence-corrected chi connectivity index (χ1v) is 5.10. The van der Waals surface area contributed by atoms with Crippen molar-refractivity contribution in [2.75, 3.05) is 19.6 Å². The minimum atomic E-state index is -4.05. The molecule has 2 atom stereocenters. The molecule has 0 unspecified atom stereocenters. The Balaban J connectivity index is 1.97. The molecule has 1 aliphatic heterocycles. The van der Waals surface area contributed by atoms with E-state index in [0.29, 0.717) is 19.1 Å². The summed E-state index contributed by atoms with van der Waals surface area (Å²) >= 11 is 0. The van der Waals surface area contributed by atoms with Crippen molar-refractivity contribution in [3.05, 3.63) is 0 Å². The zero-order chi connectivity index (χ0) is 10.2. The predicted octanol–water partition coefficient (Wildman–Crippen LogP) is 1.37. The Morgan fingerprint density at radius 3 is 2.79 bits per heavy atom. The highest BCUT2D eigenvalue weighted by molar-refractivity contribution is 4.94. The number of halogens is 3. The number of fused-ring (bicyclic) bond motifs is 1. The maximum absolute atomic E-state index is 12.2. The molecule has 1 heterocycles. The average Bonchev–Trinajstić information content (AvgIpc) is 2.49. The Kier molecular flexibility index (Phi) is 2.70. The van der Waals surface area contributed by atoms with E-state index in [0.717, 1.165) is 19.3 Å². The second kappa shape index (κ2) is 3.70. The Labute approximate surface area is 81.5 Å². The average molecular weight is 208 g/mol. The van der Waals surface area contributed by atoms with Crippen LogP contribution in [0.2, 0.25) is 0 Å². The molecule has 0 amide bonds. The van der Waals surface area contributed by atoms with Gasteiger partial charge in [-0.3, -0.25) is 4.90 Å². The van der Waals surface area contributed by atoms with E-state index < -0.39 is 12.7 Å². The van der Waals surface area contributed by atoms with Gasteiger partial charge in [0.25, 0.3) is 0 Å². The highest BCUT2D eigenvalue weighted by Crippen LogP contribution is 2.29. The van der Waals surface area contributed by atoms with Crippen LogP contribution in [0.25, 0.3) is 0 Å². The lowest BCUT2D eigenvalue weighted by molar-refractivity contribution is -0.153. The monoisotopic (exact) mass is 208 g/mol. The first-order valence-electron chi connectivity index (χ1n) is 5.10. The zero-order valence-electron chi connectivity index (χ0n) is 7.98. The molecule has 2 aliphatic rings. The molecule has 2 nitrogen and oxygen atoms in total. The molecule has 1 N–H and O–H groups in total. The number of nitrogens with zero attached hydrogens (tertiary/aromatic N) is 1. The van der Waals surface area contributed by atoms with Crippen LogP contribution in [0.5, 0.6) is 0 Å². The molecule has 14 heavy (non-hydrogen) atoms. The van der Waals surface area contributed by atoms with Crippen LogP contribution in [0.4, 0.5) is 13.2 Å². The van der Waals surface area contributed by atoms with Crippen molar-refractivity contribution in [2.24, 2.45) is 0 Å². The van der Waals surface area contributed by atoms with Gasteiger partial charge in [0.05, 0.1) is 6.54 Å². The van der Waals surface area contributed by atoms with E-state index in [2.05, 4.69) is 5.32 Å². The van der Waals surface area contributed by atoms with E-state index in [4.69, 9.17) is 0 Å². The Bertz CT molecular complexity index is 205. The van der Waals surface area contributed by atoms with Gasteiger partial charge in [-0.1, -0.05) is 6.42 Å². The van der Waals surface area contributed by atoms with Gasteiger partial charge >= 0.3 is 6.18 Å². The summed E-state index contributed by atoms with van der Waals surface area (Å²) in [4.78, 5) is 1.59. The topological polar surface area (TPSA) is 15.3 Å². The lowest BCUT2D eigenvalue weighted by Gasteiger charge is -2.38. The summed E-state index contributed by atoms with van der Waals surface area (Å²) in [5, 5.41) is 3.29. The fourth-order valence-corrected chi connectivity index (χ4v) is 2.60. The number of alkyl halides is 3.